The molecule has 0 heterocycles. The minimum Gasteiger partial charge on any atom is -0.399 e. The Balaban J connectivity index is 0.000000186. The van der Waals surface area contributed by atoms with Gasteiger partial charge in [0.1, 0.15) is 0 Å². The lowest BCUT2D eigenvalue weighted by Crippen LogP contribution is -1.91. The molecular formula is C34H36N4. The molecule has 0 radical (unpaired) electrons. The molecule has 0 saturated heterocycles. The molecule has 0 aromatic heterocycles. The fourth-order valence-electron chi connectivity index (χ4n) is 4.56. The first-order chi connectivity index (χ1) is 18.1. The van der Waals surface area contributed by atoms with Crippen molar-refractivity contribution >= 4 is 22.7 Å². The highest BCUT2D eigenvalue weighted by Crippen LogP contribution is 2.30. The molecule has 5 aromatic rings. The Bertz CT molecular complexity index is 1460. The second-order valence-electron chi connectivity index (χ2n) is 9.87. The number of rotatable bonds is 3. The van der Waals surface area contributed by atoms with Crippen LogP contribution in [0.25, 0.3) is 33.4 Å². The predicted octanol–water partition coefficient (Wildman–Crippen LogP) is 7.94. The molecule has 0 atom stereocenters. The molecule has 0 aliphatic carbocycles. The third kappa shape index (κ3) is 5.98. The molecule has 4 nitrogen and oxygen atoms in total. The maximum Gasteiger partial charge on any atom is 0.0344 e. The van der Waals surface area contributed by atoms with Crippen LogP contribution in [-0.2, 0) is 0 Å². The monoisotopic (exact) mass is 500 g/mol. The molecule has 4 heteroatoms. The molecular weight excluding hydrogens is 464 g/mol. The van der Waals surface area contributed by atoms with Crippen LogP contribution >= 0.6 is 0 Å². The summed E-state index contributed by atoms with van der Waals surface area (Å²) in [5, 5.41) is 0. The lowest BCUT2D eigenvalue weighted by molar-refractivity contribution is 1.44. The molecule has 8 N–H and O–H groups in total. The predicted molar refractivity (Wildman–Crippen MR) is 166 cm³/mol. The molecule has 0 bridgehead atoms. The fourth-order valence-corrected chi connectivity index (χ4v) is 4.56. The largest absolute Gasteiger partial charge is 0.399 e. The van der Waals surface area contributed by atoms with Crippen molar-refractivity contribution in [3.05, 3.63) is 119 Å². The van der Waals surface area contributed by atoms with Gasteiger partial charge in [0.25, 0.3) is 0 Å². The Morgan fingerprint density at radius 3 is 1.00 bits per heavy atom. The van der Waals surface area contributed by atoms with E-state index in [1.165, 1.54) is 44.5 Å². The Hall–Kier alpha value is -4.70. The quantitative estimate of drug-likeness (QED) is 0.189. The molecule has 0 fully saturated rings. The SMILES string of the molecule is Cc1cc(-c2ccc(N)c(C)c2)ccc1N.Cc1cc(N)ccc1-c1ccc(-c2ccc(N)cc2C)cc1. The maximum atomic E-state index is 5.82. The minimum absolute atomic E-state index is 0.801. The zero-order valence-corrected chi connectivity index (χ0v) is 22.5. The summed E-state index contributed by atoms with van der Waals surface area (Å²) in [6, 6.07) is 32.8. The molecule has 0 unspecified atom stereocenters. The summed E-state index contributed by atoms with van der Waals surface area (Å²) in [5.74, 6) is 0. The average Bonchev–Trinajstić information content (AvgIpc) is 2.88. The number of nitrogen functional groups attached to an aromatic ring is 4. The van der Waals surface area contributed by atoms with Crippen molar-refractivity contribution in [1.29, 1.82) is 0 Å². The smallest absolute Gasteiger partial charge is 0.0344 e. The zero-order valence-electron chi connectivity index (χ0n) is 22.5. The van der Waals surface area contributed by atoms with E-state index in [9.17, 15) is 0 Å². The van der Waals surface area contributed by atoms with Crippen molar-refractivity contribution < 1.29 is 0 Å². The van der Waals surface area contributed by atoms with Gasteiger partial charge in [-0.05, 0) is 132 Å². The number of benzene rings is 5. The molecule has 0 aliphatic rings. The topological polar surface area (TPSA) is 104 Å². The van der Waals surface area contributed by atoms with E-state index < -0.39 is 0 Å². The van der Waals surface area contributed by atoms with Crippen LogP contribution in [0.5, 0.6) is 0 Å². The van der Waals surface area contributed by atoms with E-state index in [1.54, 1.807) is 0 Å². The van der Waals surface area contributed by atoms with Crippen molar-refractivity contribution in [3.8, 4) is 33.4 Å². The van der Waals surface area contributed by atoms with E-state index in [-0.39, 0.29) is 0 Å². The molecule has 5 rings (SSSR count). The Morgan fingerprint density at radius 1 is 0.342 bits per heavy atom. The lowest BCUT2D eigenvalue weighted by atomic mass is 9.95. The van der Waals surface area contributed by atoms with E-state index in [0.29, 0.717) is 0 Å². The first kappa shape index (κ1) is 26.4. The number of nitrogens with two attached hydrogens (primary N) is 4. The third-order valence-electron chi connectivity index (χ3n) is 6.88. The summed E-state index contributed by atoms with van der Waals surface area (Å²) >= 11 is 0. The number of aryl methyl sites for hydroxylation is 4. The second kappa shape index (κ2) is 11.1. The molecule has 0 spiro atoms. The second-order valence-corrected chi connectivity index (χ2v) is 9.87. The Morgan fingerprint density at radius 2 is 0.684 bits per heavy atom. The van der Waals surface area contributed by atoms with E-state index in [0.717, 1.165) is 33.9 Å². The van der Waals surface area contributed by atoms with Crippen LogP contribution in [0.3, 0.4) is 0 Å². The first-order valence-corrected chi connectivity index (χ1v) is 12.7. The van der Waals surface area contributed by atoms with Gasteiger partial charge in [0, 0.05) is 22.7 Å². The van der Waals surface area contributed by atoms with Gasteiger partial charge in [0.15, 0.2) is 0 Å². The van der Waals surface area contributed by atoms with Crippen molar-refractivity contribution in [2.75, 3.05) is 22.9 Å². The van der Waals surface area contributed by atoms with Crippen LogP contribution in [0.1, 0.15) is 22.3 Å². The van der Waals surface area contributed by atoms with Crippen molar-refractivity contribution in [2.45, 2.75) is 27.7 Å². The minimum atomic E-state index is 0.801. The van der Waals surface area contributed by atoms with Crippen LogP contribution in [0, 0.1) is 27.7 Å². The van der Waals surface area contributed by atoms with Gasteiger partial charge >= 0.3 is 0 Å². The lowest BCUT2D eigenvalue weighted by Gasteiger charge is -2.10. The van der Waals surface area contributed by atoms with Crippen LogP contribution in [0.2, 0.25) is 0 Å². The molecule has 0 aliphatic heterocycles. The standard InChI is InChI=1S/C20H20N2.C14H16N2/c1-13-11-17(21)7-9-19(13)15-3-5-16(6-4-15)20-10-8-18(22)12-14(20)2;1-9-7-11(3-5-13(9)15)12-4-6-14(16)10(2)8-12/h3-12H,21-22H2,1-2H3;3-8H,15-16H2,1-2H3. The van der Waals surface area contributed by atoms with Crippen LogP contribution in [-0.4, -0.2) is 0 Å². The van der Waals surface area contributed by atoms with Gasteiger partial charge < -0.3 is 22.9 Å². The number of anilines is 4. The van der Waals surface area contributed by atoms with Crippen molar-refractivity contribution in [1.82, 2.24) is 0 Å². The van der Waals surface area contributed by atoms with Crippen LogP contribution in [0.4, 0.5) is 22.7 Å². The zero-order chi connectivity index (χ0) is 27.4. The van der Waals surface area contributed by atoms with Crippen molar-refractivity contribution in [2.24, 2.45) is 0 Å². The van der Waals surface area contributed by atoms with E-state index in [1.807, 2.05) is 62.4 Å². The summed E-state index contributed by atoms with van der Waals surface area (Å²) < 4.78 is 0. The summed E-state index contributed by atoms with van der Waals surface area (Å²) in [6.45, 7) is 8.21. The highest BCUT2D eigenvalue weighted by Gasteiger charge is 2.06. The summed E-state index contributed by atoms with van der Waals surface area (Å²) in [5.41, 5.74) is 38.3. The summed E-state index contributed by atoms with van der Waals surface area (Å²) in [6.07, 6.45) is 0. The van der Waals surface area contributed by atoms with Crippen LogP contribution < -0.4 is 22.9 Å². The molecule has 192 valence electrons. The fraction of sp³-hybridized carbons (Fsp3) is 0.118. The van der Waals surface area contributed by atoms with Gasteiger partial charge in [-0.15, -0.1) is 0 Å². The van der Waals surface area contributed by atoms with E-state index in [2.05, 4.69) is 62.4 Å². The van der Waals surface area contributed by atoms with Crippen LogP contribution in [0.15, 0.2) is 97.1 Å². The van der Waals surface area contributed by atoms with Crippen molar-refractivity contribution in [3.63, 3.8) is 0 Å². The maximum absolute atomic E-state index is 5.82. The Labute approximate surface area is 225 Å². The first-order valence-electron chi connectivity index (χ1n) is 12.7. The van der Waals surface area contributed by atoms with Gasteiger partial charge in [0.05, 0.1) is 0 Å². The van der Waals surface area contributed by atoms with Gasteiger partial charge in [-0.1, -0.05) is 48.5 Å². The highest BCUT2D eigenvalue weighted by atomic mass is 14.6. The van der Waals surface area contributed by atoms with Gasteiger partial charge in [-0.25, -0.2) is 0 Å². The Kier molecular flexibility index (Phi) is 7.73. The number of hydrogen-bond donors (Lipinski definition) is 4. The van der Waals surface area contributed by atoms with Gasteiger partial charge in [-0.3, -0.25) is 0 Å². The molecule has 38 heavy (non-hydrogen) atoms. The number of hydrogen-bond acceptors (Lipinski definition) is 4. The summed E-state index contributed by atoms with van der Waals surface area (Å²) in [7, 11) is 0. The molecule has 0 saturated carbocycles. The molecule has 0 amide bonds. The van der Waals surface area contributed by atoms with E-state index >= 15 is 0 Å². The summed E-state index contributed by atoms with van der Waals surface area (Å²) in [4.78, 5) is 0. The highest BCUT2D eigenvalue weighted by molar-refractivity contribution is 5.75. The normalized spacial score (nSPS) is 10.5. The average molecular weight is 501 g/mol. The van der Waals surface area contributed by atoms with Gasteiger partial charge in [0.2, 0.25) is 0 Å². The van der Waals surface area contributed by atoms with Gasteiger partial charge in [-0.2, -0.15) is 0 Å². The van der Waals surface area contributed by atoms with E-state index in [4.69, 9.17) is 22.9 Å². The third-order valence-corrected chi connectivity index (χ3v) is 6.88. The molecule has 5 aromatic carbocycles.